The first-order valence-corrected chi connectivity index (χ1v) is 8.94. The van der Waals surface area contributed by atoms with Crippen LogP contribution < -0.4 is 0 Å². The molecule has 1 saturated heterocycles. The van der Waals surface area contributed by atoms with Gasteiger partial charge in [-0.15, -0.1) is 0 Å². The third kappa shape index (κ3) is 2.72. The number of cyclic esters (lactones) is 1. The highest BCUT2D eigenvalue weighted by Crippen LogP contribution is 2.46. The lowest BCUT2D eigenvalue weighted by Gasteiger charge is -2.24. The van der Waals surface area contributed by atoms with Crippen LogP contribution in [0.2, 0.25) is 0 Å². The number of hydrogen-bond donors (Lipinski definition) is 0. The summed E-state index contributed by atoms with van der Waals surface area (Å²) in [7, 11) is 0. The Kier molecular flexibility index (Phi) is 4.09. The Bertz CT molecular complexity index is 730. The quantitative estimate of drug-likeness (QED) is 0.633. The molecule has 0 radical (unpaired) electrons. The fraction of sp³-hybridized carbons (Fsp3) is 0.429. The molecule has 1 fully saturated rings. The average molecular weight is 322 g/mol. The summed E-state index contributed by atoms with van der Waals surface area (Å²) in [5, 5.41) is 0. The van der Waals surface area contributed by atoms with Crippen LogP contribution >= 0.6 is 0 Å². The van der Waals surface area contributed by atoms with Crippen molar-refractivity contribution in [2.24, 2.45) is 11.8 Å². The molecule has 124 valence electrons. The van der Waals surface area contributed by atoms with Gasteiger partial charge in [-0.3, -0.25) is 9.59 Å². The minimum atomic E-state index is -0.214. The third-order valence-corrected chi connectivity index (χ3v) is 5.40. The van der Waals surface area contributed by atoms with Gasteiger partial charge in [0.05, 0.1) is 13.0 Å². The lowest BCUT2D eigenvalue weighted by molar-refractivity contribution is -0.142. The van der Waals surface area contributed by atoms with Gasteiger partial charge >= 0.3 is 5.97 Å². The molecule has 0 N–H and O–H groups in total. The highest BCUT2D eigenvalue weighted by atomic mass is 16.5. The number of hydrogen-bond acceptors (Lipinski definition) is 3. The second kappa shape index (κ2) is 6.39. The Morgan fingerprint density at radius 3 is 2.79 bits per heavy atom. The number of carbonyl (C=O) groups excluding carboxylic acids is 2. The van der Waals surface area contributed by atoms with E-state index in [9.17, 15) is 9.59 Å². The Morgan fingerprint density at radius 1 is 1.00 bits per heavy atom. The van der Waals surface area contributed by atoms with Crippen LogP contribution in [0.3, 0.4) is 0 Å². The number of Topliss-reactive ketones (excluding diaryl/α,β-unsaturated/α-hetero) is 1. The van der Waals surface area contributed by atoms with Crippen molar-refractivity contribution in [3.63, 3.8) is 0 Å². The zero-order chi connectivity index (χ0) is 16.5. The average Bonchev–Trinajstić information content (AvgIpc) is 3.17. The van der Waals surface area contributed by atoms with Crippen LogP contribution in [0.4, 0.5) is 0 Å². The Hall–Kier alpha value is -2.16. The van der Waals surface area contributed by atoms with Crippen LogP contribution in [0.1, 0.15) is 38.5 Å². The summed E-state index contributed by atoms with van der Waals surface area (Å²) in [5.74, 6) is 0.458. The van der Waals surface area contributed by atoms with Gasteiger partial charge in [0, 0.05) is 23.8 Å². The predicted molar refractivity (Wildman–Crippen MR) is 92.1 cm³/mol. The minimum absolute atomic E-state index is 0.182. The van der Waals surface area contributed by atoms with E-state index in [1.165, 1.54) is 5.57 Å². The Morgan fingerprint density at radius 2 is 1.88 bits per heavy atom. The van der Waals surface area contributed by atoms with Crippen LogP contribution in [0, 0.1) is 11.8 Å². The molecule has 24 heavy (non-hydrogen) atoms. The molecule has 0 aromatic carbocycles. The van der Waals surface area contributed by atoms with Gasteiger partial charge in [-0.25, -0.2) is 0 Å². The number of esters is 1. The van der Waals surface area contributed by atoms with Crippen molar-refractivity contribution in [1.82, 2.24) is 0 Å². The normalized spacial score (nSPS) is 29.8. The molecule has 0 aromatic heterocycles. The minimum Gasteiger partial charge on any atom is -0.465 e. The summed E-state index contributed by atoms with van der Waals surface area (Å²) < 4.78 is 5.36. The molecule has 3 heteroatoms. The molecule has 2 atom stereocenters. The molecule has 4 rings (SSSR count). The summed E-state index contributed by atoms with van der Waals surface area (Å²) in [6.07, 6.45) is 17.3. The van der Waals surface area contributed by atoms with Gasteiger partial charge in [0.1, 0.15) is 0 Å². The van der Waals surface area contributed by atoms with E-state index in [0.717, 1.165) is 42.4 Å². The first-order valence-electron chi connectivity index (χ1n) is 8.94. The Balaban J connectivity index is 1.71. The van der Waals surface area contributed by atoms with Crippen LogP contribution in [-0.4, -0.2) is 18.4 Å². The largest absolute Gasteiger partial charge is 0.465 e. The van der Waals surface area contributed by atoms with E-state index < -0.39 is 0 Å². The maximum atomic E-state index is 12.7. The van der Waals surface area contributed by atoms with E-state index in [1.54, 1.807) is 0 Å². The highest BCUT2D eigenvalue weighted by molar-refractivity contribution is 6.02. The zero-order valence-electron chi connectivity index (χ0n) is 13.8. The lowest BCUT2D eigenvalue weighted by Crippen LogP contribution is -2.15. The molecule has 0 saturated carbocycles. The van der Waals surface area contributed by atoms with Gasteiger partial charge in [0.2, 0.25) is 0 Å². The Labute approximate surface area is 142 Å². The van der Waals surface area contributed by atoms with E-state index in [1.807, 2.05) is 0 Å². The third-order valence-electron chi connectivity index (χ3n) is 5.40. The maximum Gasteiger partial charge on any atom is 0.310 e. The molecule has 4 aliphatic rings. The van der Waals surface area contributed by atoms with E-state index in [0.29, 0.717) is 18.9 Å². The van der Waals surface area contributed by atoms with Gasteiger partial charge in [-0.05, 0) is 29.6 Å². The van der Waals surface area contributed by atoms with Crippen molar-refractivity contribution in [3.8, 4) is 0 Å². The molecule has 0 amide bonds. The van der Waals surface area contributed by atoms with Crippen molar-refractivity contribution in [2.75, 3.05) is 6.61 Å². The smallest absolute Gasteiger partial charge is 0.310 e. The standard InChI is InChI=1S/C21H22O3/c22-20-8-3-1-2-4-11-24-21(23)13-18-16-10-9-14-6-5-7-15(14)17(16)12-19(18)20/h5-7,9-10,12,15,17H,1-4,8,11,13H2. The summed E-state index contributed by atoms with van der Waals surface area (Å²) in [4.78, 5) is 24.9. The lowest BCUT2D eigenvalue weighted by atomic mass is 9.79. The molecule has 0 aromatic rings. The molecule has 0 spiro atoms. The summed E-state index contributed by atoms with van der Waals surface area (Å²) in [6, 6.07) is 0. The molecule has 0 bridgehead atoms. The number of fused-ring (bicyclic) bond motifs is 4. The van der Waals surface area contributed by atoms with Crippen molar-refractivity contribution >= 4 is 11.8 Å². The van der Waals surface area contributed by atoms with Gasteiger partial charge in [-0.2, -0.15) is 0 Å². The van der Waals surface area contributed by atoms with Gasteiger partial charge < -0.3 is 4.74 Å². The van der Waals surface area contributed by atoms with E-state index in [2.05, 4.69) is 36.5 Å². The summed E-state index contributed by atoms with van der Waals surface area (Å²) in [6.45, 7) is 0.492. The van der Waals surface area contributed by atoms with Crippen molar-refractivity contribution in [2.45, 2.75) is 38.5 Å². The van der Waals surface area contributed by atoms with Gasteiger partial charge in [0.15, 0.2) is 5.78 Å². The molecule has 3 aliphatic carbocycles. The molecular formula is C21H22O3. The van der Waals surface area contributed by atoms with E-state index in [4.69, 9.17) is 4.74 Å². The van der Waals surface area contributed by atoms with Crippen molar-refractivity contribution in [1.29, 1.82) is 0 Å². The second-order valence-corrected chi connectivity index (χ2v) is 6.94. The zero-order valence-corrected chi connectivity index (χ0v) is 13.8. The molecule has 1 aliphatic heterocycles. The fourth-order valence-corrected chi connectivity index (χ4v) is 4.14. The van der Waals surface area contributed by atoms with E-state index >= 15 is 0 Å². The summed E-state index contributed by atoms with van der Waals surface area (Å²) in [5.41, 5.74) is 4.07. The highest BCUT2D eigenvalue weighted by Gasteiger charge is 2.37. The number of ketones is 1. The molecular weight excluding hydrogens is 300 g/mol. The second-order valence-electron chi connectivity index (χ2n) is 6.94. The van der Waals surface area contributed by atoms with Gasteiger partial charge in [-0.1, -0.05) is 49.3 Å². The number of allylic oxidation sites excluding steroid dienone is 9. The first kappa shape index (κ1) is 15.4. The molecule has 2 unspecified atom stereocenters. The monoisotopic (exact) mass is 322 g/mol. The molecule has 1 heterocycles. The number of rotatable bonds is 0. The van der Waals surface area contributed by atoms with Crippen LogP contribution in [0.15, 0.2) is 58.7 Å². The van der Waals surface area contributed by atoms with Crippen LogP contribution in [-0.2, 0) is 14.3 Å². The predicted octanol–water partition coefficient (Wildman–Crippen LogP) is 3.99. The first-order chi connectivity index (χ1) is 11.7. The van der Waals surface area contributed by atoms with Crippen molar-refractivity contribution < 1.29 is 14.3 Å². The number of carbonyl (C=O) groups is 2. The number of ether oxygens (including phenoxy) is 1. The SMILES string of the molecule is O=C1CC2=C3C=CC4=CC=CC4C3C=C2C(=O)CCCCCCO1. The van der Waals surface area contributed by atoms with Crippen LogP contribution in [0.5, 0.6) is 0 Å². The topological polar surface area (TPSA) is 43.4 Å². The van der Waals surface area contributed by atoms with Gasteiger partial charge in [0.25, 0.3) is 0 Å². The summed E-state index contributed by atoms with van der Waals surface area (Å²) >= 11 is 0. The van der Waals surface area contributed by atoms with Crippen LogP contribution in [0.25, 0.3) is 0 Å². The fourth-order valence-electron chi connectivity index (χ4n) is 4.14. The maximum absolute atomic E-state index is 12.7. The van der Waals surface area contributed by atoms with E-state index in [-0.39, 0.29) is 24.1 Å². The molecule has 3 nitrogen and oxygen atoms in total. The van der Waals surface area contributed by atoms with Crippen molar-refractivity contribution in [3.05, 3.63) is 58.7 Å².